The van der Waals surface area contributed by atoms with Crippen LogP contribution in [0, 0.1) is 5.92 Å². The highest BCUT2D eigenvalue weighted by Gasteiger charge is 2.25. The van der Waals surface area contributed by atoms with E-state index in [1.54, 1.807) is 0 Å². The number of nitrogens with one attached hydrogen (secondary N) is 2. The second-order valence-corrected chi connectivity index (χ2v) is 9.20. The molecule has 0 unspecified atom stereocenters. The van der Waals surface area contributed by atoms with E-state index in [-0.39, 0.29) is 6.42 Å². The molecule has 5 nitrogen and oxygen atoms in total. The molecule has 160 valence electrons. The third-order valence-electron chi connectivity index (χ3n) is 6.84. The smallest absolute Gasteiger partial charge is 0.307 e. The van der Waals surface area contributed by atoms with Crippen molar-refractivity contribution in [1.29, 1.82) is 0 Å². The molecule has 1 saturated carbocycles. The first-order chi connectivity index (χ1) is 15.1. The van der Waals surface area contributed by atoms with Gasteiger partial charge in [0.1, 0.15) is 0 Å². The van der Waals surface area contributed by atoms with E-state index in [4.69, 9.17) is 5.11 Å². The van der Waals surface area contributed by atoms with Crippen molar-refractivity contribution in [2.24, 2.45) is 5.92 Å². The van der Waals surface area contributed by atoms with Crippen LogP contribution in [-0.4, -0.2) is 27.3 Å². The van der Waals surface area contributed by atoms with Crippen LogP contribution in [0.25, 0.3) is 22.5 Å². The number of carboxylic acids is 1. The van der Waals surface area contributed by atoms with E-state index in [9.17, 15) is 4.79 Å². The van der Waals surface area contributed by atoms with Gasteiger partial charge < -0.3 is 10.4 Å². The Balaban J connectivity index is 1.32. The minimum atomic E-state index is -0.819. The topological polar surface area (TPSA) is 78.0 Å². The number of H-pyrrole nitrogens is 1. The number of aliphatic carboxylic acids is 1. The van der Waals surface area contributed by atoms with Gasteiger partial charge in [0.2, 0.25) is 0 Å². The van der Waals surface area contributed by atoms with E-state index in [0.29, 0.717) is 6.04 Å². The number of fused-ring (bicyclic) bond motifs is 3. The molecule has 2 aliphatic rings. The van der Waals surface area contributed by atoms with Crippen LogP contribution in [0.3, 0.4) is 0 Å². The van der Waals surface area contributed by atoms with E-state index in [2.05, 4.69) is 40.6 Å². The first-order valence-electron chi connectivity index (χ1n) is 11.3. The van der Waals surface area contributed by atoms with Gasteiger partial charge in [0.25, 0.3) is 0 Å². The minimum absolute atomic E-state index is 0.0247. The summed E-state index contributed by atoms with van der Waals surface area (Å²) in [5.74, 6) is 0.0559. The van der Waals surface area contributed by atoms with Crippen LogP contribution in [0.4, 0.5) is 0 Å². The molecule has 5 heteroatoms. The van der Waals surface area contributed by atoms with Gasteiger partial charge in [0.15, 0.2) is 0 Å². The highest BCUT2D eigenvalue weighted by molar-refractivity contribution is 5.81. The lowest BCUT2D eigenvalue weighted by Gasteiger charge is -2.27. The zero-order valence-electron chi connectivity index (χ0n) is 17.9. The number of hydrogen-bond donors (Lipinski definition) is 3. The van der Waals surface area contributed by atoms with Crippen LogP contribution in [0.5, 0.6) is 0 Å². The molecule has 0 radical (unpaired) electrons. The normalized spacial score (nSPS) is 19.8. The first-order valence-corrected chi connectivity index (χ1v) is 11.3. The molecule has 1 heterocycles. The molecule has 5 rings (SSSR count). The maximum atomic E-state index is 11.1. The Labute approximate surface area is 182 Å². The maximum Gasteiger partial charge on any atom is 0.307 e. The standard InChI is InChI=1S/C26H29N3O2/c1-16-5-8-21(9-6-16)27-15-18-7-10-22-20(12-18)14-23-25(28-29-26(22)23)19-4-2-3-17(11-19)13-24(30)31/h2-4,7,10-12,16,21,27H,5-6,8-9,13-15H2,1H3,(H,28,29)(H,30,31). The van der Waals surface area contributed by atoms with E-state index >= 15 is 0 Å². The summed E-state index contributed by atoms with van der Waals surface area (Å²) in [6, 6.07) is 15.1. The molecule has 0 spiro atoms. The van der Waals surface area contributed by atoms with E-state index in [0.717, 1.165) is 41.4 Å². The van der Waals surface area contributed by atoms with Gasteiger partial charge in [-0.25, -0.2) is 0 Å². The van der Waals surface area contributed by atoms with Crippen LogP contribution < -0.4 is 5.32 Å². The molecule has 0 saturated heterocycles. The van der Waals surface area contributed by atoms with Crippen molar-refractivity contribution in [3.8, 4) is 22.5 Å². The molecular weight excluding hydrogens is 386 g/mol. The molecule has 3 aromatic rings. The first kappa shape index (κ1) is 20.0. The van der Waals surface area contributed by atoms with Crippen LogP contribution >= 0.6 is 0 Å². The van der Waals surface area contributed by atoms with Crippen LogP contribution in [0.15, 0.2) is 42.5 Å². The van der Waals surface area contributed by atoms with Crippen molar-refractivity contribution in [2.45, 2.75) is 58.0 Å². The molecular formula is C26H29N3O2. The molecule has 1 fully saturated rings. The van der Waals surface area contributed by atoms with Crippen molar-refractivity contribution in [3.63, 3.8) is 0 Å². The number of carboxylic acid groups (broad SMARTS) is 1. The number of benzene rings is 2. The lowest BCUT2D eigenvalue weighted by atomic mass is 9.87. The number of rotatable bonds is 6. The summed E-state index contributed by atoms with van der Waals surface area (Å²) >= 11 is 0. The summed E-state index contributed by atoms with van der Waals surface area (Å²) in [6.07, 6.45) is 6.12. The van der Waals surface area contributed by atoms with Gasteiger partial charge >= 0.3 is 5.97 Å². The Morgan fingerprint density at radius 2 is 1.97 bits per heavy atom. The van der Waals surface area contributed by atoms with Gasteiger partial charge in [-0.3, -0.25) is 9.89 Å². The molecule has 3 N–H and O–H groups in total. The zero-order valence-corrected chi connectivity index (χ0v) is 17.9. The summed E-state index contributed by atoms with van der Waals surface area (Å²) in [5, 5.41) is 20.6. The molecule has 0 bridgehead atoms. The maximum absolute atomic E-state index is 11.1. The third kappa shape index (κ3) is 4.15. The summed E-state index contributed by atoms with van der Waals surface area (Å²) in [7, 11) is 0. The second-order valence-electron chi connectivity index (χ2n) is 9.20. The highest BCUT2D eigenvalue weighted by Crippen LogP contribution is 2.40. The summed E-state index contributed by atoms with van der Waals surface area (Å²) in [5.41, 5.74) is 8.88. The number of aromatic amines is 1. The molecule has 2 aliphatic carbocycles. The molecule has 31 heavy (non-hydrogen) atoms. The van der Waals surface area contributed by atoms with Crippen LogP contribution in [0.2, 0.25) is 0 Å². The average molecular weight is 416 g/mol. The van der Waals surface area contributed by atoms with Gasteiger partial charge in [-0.05, 0) is 54.4 Å². The van der Waals surface area contributed by atoms with E-state index in [1.807, 2.05) is 24.3 Å². The zero-order chi connectivity index (χ0) is 21.4. The van der Waals surface area contributed by atoms with Crippen LogP contribution in [-0.2, 0) is 24.2 Å². The fourth-order valence-corrected chi connectivity index (χ4v) is 5.07. The van der Waals surface area contributed by atoms with E-state index in [1.165, 1.54) is 47.9 Å². The number of aromatic nitrogens is 2. The molecule has 0 aliphatic heterocycles. The van der Waals surface area contributed by atoms with Crippen molar-refractivity contribution < 1.29 is 9.90 Å². The Morgan fingerprint density at radius 3 is 2.77 bits per heavy atom. The second kappa shape index (κ2) is 8.31. The summed E-state index contributed by atoms with van der Waals surface area (Å²) in [4.78, 5) is 11.1. The average Bonchev–Trinajstić information content (AvgIpc) is 3.32. The molecule has 1 aromatic heterocycles. The van der Waals surface area contributed by atoms with Crippen LogP contribution in [0.1, 0.15) is 54.9 Å². The summed E-state index contributed by atoms with van der Waals surface area (Å²) < 4.78 is 0. The van der Waals surface area contributed by atoms with Crippen molar-refractivity contribution in [3.05, 3.63) is 64.7 Å². The fourth-order valence-electron chi connectivity index (χ4n) is 5.07. The quantitative estimate of drug-likeness (QED) is 0.417. The lowest BCUT2D eigenvalue weighted by molar-refractivity contribution is -0.136. The molecule has 0 atom stereocenters. The largest absolute Gasteiger partial charge is 0.481 e. The molecule has 2 aromatic carbocycles. The minimum Gasteiger partial charge on any atom is -0.481 e. The Morgan fingerprint density at radius 1 is 1.13 bits per heavy atom. The SMILES string of the molecule is CC1CCC(NCc2ccc3c(c2)Cc2c(-c4cccc(CC(=O)O)c4)n[nH]c2-3)CC1. The third-order valence-corrected chi connectivity index (χ3v) is 6.84. The summed E-state index contributed by atoms with van der Waals surface area (Å²) in [6.45, 7) is 3.28. The van der Waals surface area contributed by atoms with Gasteiger partial charge in [-0.2, -0.15) is 5.10 Å². The predicted molar refractivity (Wildman–Crippen MR) is 122 cm³/mol. The Kier molecular flexibility index (Phi) is 5.36. The van der Waals surface area contributed by atoms with Gasteiger partial charge in [0, 0.05) is 35.7 Å². The van der Waals surface area contributed by atoms with E-state index < -0.39 is 5.97 Å². The Hall–Kier alpha value is -2.92. The monoisotopic (exact) mass is 415 g/mol. The molecule has 0 amide bonds. The number of hydrogen-bond acceptors (Lipinski definition) is 3. The van der Waals surface area contributed by atoms with Crippen molar-refractivity contribution in [2.75, 3.05) is 0 Å². The van der Waals surface area contributed by atoms with Crippen molar-refractivity contribution in [1.82, 2.24) is 15.5 Å². The van der Waals surface area contributed by atoms with Gasteiger partial charge in [-0.15, -0.1) is 0 Å². The number of carbonyl (C=O) groups is 1. The fraction of sp³-hybridized carbons (Fsp3) is 0.385. The van der Waals surface area contributed by atoms with Crippen molar-refractivity contribution >= 4 is 5.97 Å². The lowest BCUT2D eigenvalue weighted by Crippen LogP contribution is -2.32. The Bertz CT molecular complexity index is 1110. The predicted octanol–water partition coefficient (Wildman–Crippen LogP) is 4.94. The number of nitrogens with zero attached hydrogens (tertiary/aromatic N) is 1. The van der Waals surface area contributed by atoms with Gasteiger partial charge in [0.05, 0.1) is 17.8 Å². The van der Waals surface area contributed by atoms with Gasteiger partial charge in [-0.1, -0.05) is 43.3 Å². The highest BCUT2D eigenvalue weighted by atomic mass is 16.4.